The van der Waals surface area contributed by atoms with Gasteiger partial charge in [0.2, 0.25) is 5.91 Å². The Bertz CT molecular complexity index is 1030. The van der Waals surface area contributed by atoms with E-state index in [0.717, 1.165) is 24.8 Å². The van der Waals surface area contributed by atoms with Gasteiger partial charge < -0.3 is 14.8 Å². The molecule has 1 aliphatic rings. The second kappa shape index (κ2) is 8.79. The van der Waals surface area contributed by atoms with Crippen molar-refractivity contribution < 1.29 is 22.7 Å². The van der Waals surface area contributed by atoms with Gasteiger partial charge >= 0.3 is 0 Å². The van der Waals surface area contributed by atoms with E-state index in [1.54, 1.807) is 36.4 Å². The zero-order valence-electron chi connectivity index (χ0n) is 17.1. The predicted molar refractivity (Wildman–Crippen MR) is 116 cm³/mol. The first-order chi connectivity index (χ1) is 14.4. The summed E-state index contributed by atoms with van der Waals surface area (Å²) in [6, 6.07) is 11.4. The van der Waals surface area contributed by atoms with Crippen LogP contribution in [0.25, 0.3) is 0 Å². The van der Waals surface area contributed by atoms with Crippen molar-refractivity contribution in [3.05, 3.63) is 60.7 Å². The lowest BCUT2D eigenvalue weighted by Crippen LogP contribution is -2.49. The standard InChI is InChI=1S/C22H26N2O5S/c1-4-14-23-21(25)22(12-5-13-22)16-6-8-17(9-7-16)24-30(26,27)18-10-11-19(28-2)20(15-18)29-3/h4,6-11,15,24H,1,5,12-14H2,2-3H3,(H,23,25). The Hall–Kier alpha value is -3.00. The number of rotatable bonds is 9. The smallest absolute Gasteiger partial charge is 0.262 e. The molecule has 2 aromatic rings. The Morgan fingerprint density at radius 2 is 1.77 bits per heavy atom. The average molecular weight is 431 g/mol. The molecule has 0 saturated heterocycles. The van der Waals surface area contributed by atoms with Crippen molar-refractivity contribution in [2.24, 2.45) is 0 Å². The summed E-state index contributed by atoms with van der Waals surface area (Å²) in [5.74, 6) is 0.752. The summed E-state index contributed by atoms with van der Waals surface area (Å²) in [5.41, 5.74) is 0.739. The third kappa shape index (κ3) is 4.14. The van der Waals surface area contributed by atoms with E-state index in [1.165, 1.54) is 26.4 Å². The van der Waals surface area contributed by atoms with Crippen LogP contribution in [-0.4, -0.2) is 35.1 Å². The Morgan fingerprint density at radius 1 is 1.10 bits per heavy atom. The zero-order valence-corrected chi connectivity index (χ0v) is 17.9. The third-order valence-corrected chi connectivity index (χ3v) is 6.78. The first-order valence-electron chi connectivity index (χ1n) is 9.61. The topological polar surface area (TPSA) is 93.7 Å². The van der Waals surface area contributed by atoms with Crippen molar-refractivity contribution in [2.75, 3.05) is 25.5 Å². The number of amides is 1. The van der Waals surface area contributed by atoms with Crippen molar-refractivity contribution in [2.45, 2.75) is 29.6 Å². The van der Waals surface area contributed by atoms with Crippen molar-refractivity contribution in [1.29, 1.82) is 0 Å². The SMILES string of the molecule is C=CCNC(=O)C1(c2ccc(NS(=O)(=O)c3ccc(OC)c(OC)c3)cc2)CCC1. The lowest BCUT2D eigenvalue weighted by molar-refractivity contribution is -0.129. The van der Waals surface area contributed by atoms with Crippen LogP contribution < -0.4 is 19.5 Å². The summed E-state index contributed by atoms with van der Waals surface area (Å²) in [4.78, 5) is 12.7. The molecule has 2 aromatic carbocycles. The highest BCUT2D eigenvalue weighted by Crippen LogP contribution is 2.44. The monoisotopic (exact) mass is 430 g/mol. The largest absolute Gasteiger partial charge is 0.493 e. The molecule has 0 bridgehead atoms. The number of carbonyl (C=O) groups excluding carboxylic acids is 1. The van der Waals surface area contributed by atoms with Gasteiger partial charge in [0.1, 0.15) is 0 Å². The molecule has 2 N–H and O–H groups in total. The molecule has 0 aromatic heterocycles. The van der Waals surface area contributed by atoms with Crippen LogP contribution in [0.2, 0.25) is 0 Å². The zero-order chi connectivity index (χ0) is 21.8. The number of sulfonamides is 1. The van der Waals surface area contributed by atoms with Crippen molar-refractivity contribution in [3.8, 4) is 11.5 Å². The van der Waals surface area contributed by atoms with E-state index < -0.39 is 15.4 Å². The molecule has 1 amide bonds. The molecule has 30 heavy (non-hydrogen) atoms. The van der Waals surface area contributed by atoms with E-state index in [-0.39, 0.29) is 10.8 Å². The fourth-order valence-electron chi connectivity index (χ4n) is 3.57. The number of hydrogen-bond acceptors (Lipinski definition) is 5. The summed E-state index contributed by atoms with van der Waals surface area (Å²) in [6.07, 6.45) is 4.17. The maximum absolute atomic E-state index is 12.8. The highest BCUT2D eigenvalue weighted by molar-refractivity contribution is 7.92. The number of nitrogens with one attached hydrogen (secondary N) is 2. The van der Waals surface area contributed by atoms with Gasteiger partial charge in [0.05, 0.1) is 24.5 Å². The van der Waals surface area contributed by atoms with E-state index >= 15 is 0 Å². The van der Waals surface area contributed by atoms with E-state index in [4.69, 9.17) is 9.47 Å². The van der Waals surface area contributed by atoms with Crippen LogP contribution in [0.1, 0.15) is 24.8 Å². The van der Waals surface area contributed by atoms with E-state index in [9.17, 15) is 13.2 Å². The van der Waals surface area contributed by atoms with Gasteiger partial charge in [-0.1, -0.05) is 24.6 Å². The van der Waals surface area contributed by atoms with Gasteiger partial charge in [0.25, 0.3) is 10.0 Å². The Kier molecular flexibility index (Phi) is 6.36. The van der Waals surface area contributed by atoms with Gasteiger partial charge in [0, 0.05) is 18.3 Å². The van der Waals surface area contributed by atoms with Gasteiger partial charge in [0.15, 0.2) is 11.5 Å². The van der Waals surface area contributed by atoms with Gasteiger partial charge in [-0.05, 0) is 42.7 Å². The molecule has 0 aliphatic heterocycles. The Labute approximate surface area is 177 Å². The van der Waals surface area contributed by atoms with E-state index in [1.807, 2.05) is 0 Å². The first kappa shape index (κ1) is 21.7. The lowest BCUT2D eigenvalue weighted by Gasteiger charge is -2.40. The van der Waals surface area contributed by atoms with Crippen LogP contribution >= 0.6 is 0 Å². The highest BCUT2D eigenvalue weighted by Gasteiger charge is 2.45. The van der Waals surface area contributed by atoms with Crippen LogP contribution in [0.4, 0.5) is 5.69 Å². The van der Waals surface area contributed by atoms with Gasteiger partial charge in [-0.25, -0.2) is 8.42 Å². The molecule has 160 valence electrons. The fourth-order valence-corrected chi connectivity index (χ4v) is 4.64. The van der Waals surface area contributed by atoms with E-state index in [0.29, 0.717) is 23.7 Å². The minimum atomic E-state index is -3.82. The summed E-state index contributed by atoms with van der Waals surface area (Å²) in [5, 5.41) is 2.88. The lowest BCUT2D eigenvalue weighted by atomic mass is 9.64. The molecule has 0 atom stereocenters. The minimum Gasteiger partial charge on any atom is -0.493 e. The molecule has 1 saturated carbocycles. The molecule has 0 spiro atoms. The van der Waals surface area contributed by atoms with Crippen molar-refractivity contribution in [1.82, 2.24) is 5.32 Å². The second-order valence-electron chi connectivity index (χ2n) is 7.13. The average Bonchev–Trinajstić information content (AvgIpc) is 2.71. The molecule has 7 nitrogen and oxygen atoms in total. The molecule has 1 aliphatic carbocycles. The van der Waals surface area contributed by atoms with Crippen molar-refractivity contribution in [3.63, 3.8) is 0 Å². The highest BCUT2D eigenvalue weighted by atomic mass is 32.2. The van der Waals surface area contributed by atoms with E-state index in [2.05, 4.69) is 16.6 Å². The number of ether oxygens (including phenoxy) is 2. The van der Waals surface area contributed by atoms with Crippen molar-refractivity contribution >= 4 is 21.6 Å². The van der Waals surface area contributed by atoms with Crippen LogP contribution in [0.15, 0.2) is 60.0 Å². The van der Waals surface area contributed by atoms with Gasteiger partial charge in [-0.2, -0.15) is 0 Å². The number of hydrogen-bond donors (Lipinski definition) is 2. The Morgan fingerprint density at radius 3 is 2.30 bits per heavy atom. The van der Waals surface area contributed by atoms with Crippen LogP contribution in [0.5, 0.6) is 11.5 Å². The molecule has 0 radical (unpaired) electrons. The van der Waals surface area contributed by atoms with Crippen LogP contribution in [-0.2, 0) is 20.2 Å². The minimum absolute atomic E-state index is 0.0210. The quantitative estimate of drug-likeness (QED) is 0.596. The van der Waals surface area contributed by atoms with Crippen LogP contribution in [0, 0.1) is 0 Å². The Balaban J connectivity index is 1.80. The molecule has 8 heteroatoms. The molecule has 0 unspecified atom stereocenters. The number of carbonyl (C=O) groups is 1. The van der Waals surface area contributed by atoms with Gasteiger partial charge in [-0.15, -0.1) is 6.58 Å². The maximum Gasteiger partial charge on any atom is 0.262 e. The summed E-state index contributed by atoms with van der Waals surface area (Å²) in [6.45, 7) is 4.05. The molecule has 0 heterocycles. The molecule has 1 fully saturated rings. The fraction of sp³-hybridized carbons (Fsp3) is 0.318. The predicted octanol–water partition coefficient (Wildman–Crippen LogP) is 3.23. The molecule has 3 rings (SSSR count). The summed E-state index contributed by atoms with van der Waals surface area (Å²) >= 11 is 0. The normalized spacial score (nSPS) is 14.9. The number of methoxy groups -OCH3 is 2. The number of anilines is 1. The second-order valence-corrected chi connectivity index (χ2v) is 8.82. The number of benzene rings is 2. The summed E-state index contributed by atoms with van der Waals surface area (Å²) < 4.78 is 38.4. The van der Waals surface area contributed by atoms with Gasteiger partial charge in [-0.3, -0.25) is 9.52 Å². The molecular formula is C22H26N2O5S. The van der Waals surface area contributed by atoms with Crippen LogP contribution in [0.3, 0.4) is 0 Å². The molecular weight excluding hydrogens is 404 g/mol. The summed E-state index contributed by atoms with van der Waals surface area (Å²) in [7, 11) is -0.884. The maximum atomic E-state index is 12.8. The third-order valence-electron chi connectivity index (χ3n) is 5.40. The first-order valence-corrected chi connectivity index (χ1v) is 11.1.